The normalized spacial score (nSPS) is 12.4. The van der Waals surface area contributed by atoms with Gasteiger partial charge < -0.3 is 24.4 Å². The molecule has 0 aliphatic carbocycles. The van der Waals surface area contributed by atoms with E-state index in [-0.39, 0.29) is 37.2 Å². The van der Waals surface area contributed by atoms with Gasteiger partial charge in [-0.1, -0.05) is 13.2 Å². The molecule has 0 aliphatic rings. The van der Waals surface area contributed by atoms with Crippen LogP contribution in [0.2, 0.25) is 0 Å². The molecule has 0 aromatic heterocycles. The van der Waals surface area contributed by atoms with E-state index in [2.05, 4.69) is 13.2 Å². The van der Waals surface area contributed by atoms with Crippen molar-refractivity contribution in [2.24, 2.45) is 0 Å². The number of ketones is 2. The molecule has 2 aromatic carbocycles. The van der Waals surface area contributed by atoms with Gasteiger partial charge in [0.2, 0.25) is 0 Å². The Labute approximate surface area is 206 Å². The monoisotopic (exact) mass is 482 g/mol. The first-order valence-electron chi connectivity index (χ1n) is 11.3. The maximum atomic E-state index is 12.0. The molecule has 0 radical (unpaired) electrons. The van der Waals surface area contributed by atoms with Gasteiger partial charge in [0.1, 0.15) is 23.0 Å². The van der Waals surface area contributed by atoms with Crippen LogP contribution < -0.4 is 14.2 Å². The van der Waals surface area contributed by atoms with Crippen molar-refractivity contribution in [1.29, 1.82) is 0 Å². The summed E-state index contributed by atoms with van der Waals surface area (Å²) in [5, 5.41) is 21.0. The second kappa shape index (κ2) is 12.9. The lowest BCUT2D eigenvalue weighted by molar-refractivity contribution is -0.118. The predicted octanol–water partition coefficient (Wildman–Crippen LogP) is 4.37. The number of aliphatic hydroxyl groups excluding tert-OH is 2. The first-order chi connectivity index (χ1) is 16.5. The Morgan fingerprint density at radius 1 is 0.771 bits per heavy atom. The Balaban J connectivity index is 2.34. The molecular weight excluding hydrogens is 448 g/mol. The van der Waals surface area contributed by atoms with Crippen LogP contribution in [0.1, 0.15) is 37.8 Å². The molecule has 0 saturated heterocycles. The van der Waals surface area contributed by atoms with Crippen molar-refractivity contribution in [2.75, 3.05) is 14.2 Å². The summed E-state index contributed by atoms with van der Waals surface area (Å²) in [6.07, 6.45) is -1.65. The Morgan fingerprint density at radius 3 is 1.46 bits per heavy atom. The topological polar surface area (TPSA) is 102 Å². The van der Waals surface area contributed by atoms with Crippen molar-refractivity contribution in [3.05, 3.63) is 71.8 Å². The number of carbonyl (C=O) groups excluding carboxylic acids is 2. The highest BCUT2D eigenvalue weighted by atomic mass is 16.5. The summed E-state index contributed by atoms with van der Waals surface area (Å²) in [7, 11) is 3.08. The van der Waals surface area contributed by atoms with E-state index in [0.717, 1.165) is 0 Å². The lowest BCUT2D eigenvalue weighted by Gasteiger charge is -2.19. The largest absolute Gasteiger partial charge is 0.497 e. The predicted molar refractivity (Wildman–Crippen MR) is 134 cm³/mol. The molecule has 7 nitrogen and oxygen atoms in total. The fourth-order valence-electron chi connectivity index (χ4n) is 3.43. The number of hydrogen-bond acceptors (Lipinski definition) is 7. The highest BCUT2D eigenvalue weighted by molar-refractivity contribution is 5.94. The van der Waals surface area contributed by atoms with E-state index in [4.69, 9.17) is 14.2 Å². The van der Waals surface area contributed by atoms with E-state index in [1.165, 1.54) is 14.2 Å². The number of hydrogen-bond donors (Lipinski definition) is 2. The van der Waals surface area contributed by atoms with Crippen molar-refractivity contribution in [3.8, 4) is 23.0 Å². The number of Topliss-reactive ketones (excluding diaryl/α,β-unsaturated/α-hetero) is 2. The smallest absolute Gasteiger partial charge is 0.160 e. The summed E-state index contributed by atoms with van der Waals surface area (Å²) in [5.74, 6) is 1.67. The first kappa shape index (κ1) is 27.8. The molecule has 2 aromatic rings. The molecule has 0 heterocycles. The van der Waals surface area contributed by atoms with Gasteiger partial charge in [-0.3, -0.25) is 9.59 Å². The van der Waals surface area contributed by atoms with Crippen molar-refractivity contribution in [3.63, 3.8) is 0 Å². The summed E-state index contributed by atoms with van der Waals surface area (Å²) < 4.78 is 16.8. The average Bonchev–Trinajstić information content (AvgIpc) is 2.80. The van der Waals surface area contributed by atoms with Crippen molar-refractivity contribution in [1.82, 2.24) is 0 Å². The second-order valence-electron chi connectivity index (χ2n) is 8.58. The molecule has 35 heavy (non-hydrogen) atoms. The first-order valence-corrected chi connectivity index (χ1v) is 11.3. The van der Waals surface area contributed by atoms with Crippen LogP contribution in [0.4, 0.5) is 0 Å². The van der Waals surface area contributed by atoms with E-state index in [0.29, 0.717) is 45.3 Å². The van der Waals surface area contributed by atoms with Crippen LogP contribution in [-0.2, 0) is 22.4 Å². The van der Waals surface area contributed by atoms with Crippen LogP contribution in [0.5, 0.6) is 23.0 Å². The lowest BCUT2D eigenvalue weighted by Crippen LogP contribution is -2.17. The fourth-order valence-corrected chi connectivity index (χ4v) is 3.43. The van der Waals surface area contributed by atoms with Crippen molar-refractivity contribution < 1.29 is 34.0 Å². The Bertz CT molecular complexity index is 1000. The standard InChI is InChI=1S/C28H34O7/c1-17(2)25(31)15-21(29)11-19-13-23(33-5)7-9-27(19)35-28-10-8-24(34-6)14-20(28)12-22(30)16-26(32)18(3)4/h7-10,13-14,21-22,29-30H,1,3,11-12,15-16H2,2,4-6H3. The number of rotatable bonds is 14. The average molecular weight is 483 g/mol. The zero-order valence-electron chi connectivity index (χ0n) is 20.8. The molecular formula is C28H34O7. The van der Waals surface area contributed by atoms with E-state index in [1.54, 1.807) is 50.2 Å². The Hall–Kier alpha value is -3.42. The second-order valence-corrected chi connectivity index (χ2v) is 8.58. The molecule has 0 bridgehead atoms. The molecule has 2 unspecified atom stereocenters. The third-order valence-corrected chi connectivity index (χ3v) is 5.46. The number of aliphatic hydroxyl groups is 2. The van der Waals surface area contributed by atoms with Gasteiger partial charge in [0.05, 0.1) is 26.4 Å². The van der Waals surface area contributed by atoms with Crippen LogP contribution in [-0.4, -0.2) is 48.2 Å². The van der Waals surface area contributed by atoms with Crippen molar-refractivity contribution >= 4 is 11.6 Å². The molecule has 0 fully saturated rings. The minimum atomic E-state index is -0.932. The maximum absolute atomic E-state index is 12.0. The van der Waals surface area contributed by atoms with E-state index in [9.17, 15) is 19.8 Å². The molecule has 7 heteroatoms. The number of allylic oxidation sites excluding steroid dienone is 2. The Kier molecular flexibility index (Phi) is 10.2. The summed E-state index contributed by atoms with van der Waals surface area (Å²) in [6, 6.07) is 10.4. The van der Waals surface area contributed by atoms with Crippen LogP contribution in [0.15, 0.2) is 60.7 Å². The molecule has 0 aliphatic heterocycles. The number of carbonyl (C=O) groups is 2. The summed E-state index contributed by atoms with van der Waals surface area (Å²) in [4.78, 5) is 24.0. The molecule has 188 valence electrons. The van der Waals surface area contributed by atoms with Gasteiger partial charge in [0, 0.05) is 36.8 Å². The third-order valence-electron chi connectivity index (χ3n) is 5.46. The minimum Gasteiger partial charge on any atom is -0.497 e. The zero-order chi connectivity index (χ0) is 26.1. The molecule has 2 rings (SSSR count). The maximum Gasteiger partial charge on any atom is 0.160 e. The molecule has 0 spiro atoms. The minimum absolute atomic E-state index is 0.0529. The fraction of sp³-hybridized carbons (Fsp3) is 0.357. The highest BCUT2D eigenvalue weighted by Gasteiger charge is 2.19. The SMILES string of the molecule is C=C(C)C(=O)CC(O)Cc1cc(OC)ccc1Oc1ccc(OC)cc1CC(O)CC(=O)C(=C)C. The zero-order valence-corrected chi connectivity index (χ0v) is 20.8. The number of benzene rings is 2. The van der Waals surface area contributed by atoms with Gasteiger partial charge in [0.25, 0.3) is 0 Å². The summed E-state index contributed by atoms with van der Waals surface area (Å²) in [6.45, 7) is 10.5. The Morgan fingerprint density at radius 2 is 1.14 bits per heavy atom. The van der Waals surface area contributed by atoms with Gasteiger partial charge >= 0.3 is 0 Å². The van der Waals surface area contributed by atoms with Gasteiger partial charge in [-0.05, 0) is 61.4 Å². The van der Waals surface area contributed by atoms with Gasteiger partial charge in [-0.25, -0.2) is 0 Å². The van der Waals surface area contributed by atoms with Crippen molar-refractivity contribution in [2.45, 2.75) is 51.7 Å². The number of methoxy groups -OCH3 is 2. The van der Waals surface area contributed by atoms with Crippen LogP contribution in [0, 0.1) is 0 Å². The van der Waals surface area contributed by atoms with Gasteiger partial charge in [0.15, 0.2) is 11.6 Å². The summed E-state index contributed by atoms with van der Waals surface area (Å²) in [5.41, 5.74) is 2.06. The van der Waals surface area contributed by atoms with Crippen LogP contribution >= 0.6 is 0 Å². The molecule has 0 saturated carbocycles. The number of ether oxygens (including phenoxy) is 3. The molecule has 2 atom stereocenters. The van der Waals surface area contributed by atoms with Gasteiger partial charge in [-0.2, -0.15) is 0 Å². The highest BCUT2D eigenvalue weighted by Crippen LogP contribution is 2.34. The van der Waals surface area contributed by atoms with E-state index >= 15 is 0 Å². The lowest BCUT2D eigenvalue weighted by atomic mass is 9.99. The van der Waals surface area contributed by atoms with Crippen LogP contribution in [0.25, 0.3) is 0 Å². The van der Waals surface area contributed by atoms with E-state index in [1.807, 2.05) is 0 Å². The summed E-state index contributed by atoms with van der Waals surface area (Å²) >= 11 is 0. The van der Waals surface area contributed by atoms with Crippen LogP contribution in [0.3, 0.4) is 0 Å². The molecule has 0 amide bonds. The quantitative estimate of drug-likeness (QED) is 0.386. The van der Waals surface area contributed by atoms with Gasteiger partial charge in [-0.15, -0.1) is 0 Å². The van der Waals surface area contributed by atoms with E-state index < -0.39 is 12.2 Å². The molecule has 2 N–H and O–H groups in total. The third kappa shape index (κ3) is 8.38.